The van der Waals surface area contributed by atoms with Crippen molar-refractivity contribution < 1.29 is 4.74 Å². The number of aromatic nitrogens is 2. The molecular weight excluding hydrogens is 262 g/mol. The van der Waals surface area contributed by atoms with E-state index >= 15 is 0 Å². The summed E-state index contributed by atoms with van der Waals surface area (Å²) in [4.78, 5) is 4.68. The molecule has 0 bridgehead atoms. The fraction of sp³-hybridized carbons (Fsp3) is 0.176. The van der Waals surface area contributed by atoms with Crippen LogP contribution in [0.2, 0.25) is 0 Å². The Balaban J connectivity index is 1.95. The van der Waals surface area contributed by atoms with Crippen molar-refractivity contribution in [3.63, 3.8) is 0 Å². The molecule has 102 valence electrons. The number of rotatable bonds is 1. The van der Waals surface area contributed by atoms with Crippen LogP contribution in [-0.2, 0) is 13.5 Å². The van der Waals surface area contributed by atoms with E-state index < -0.39 is 0 Å². The summed E-state index contributed by atoms with van der Waals surface area (Å²) in [5, 5.41) is 9.22. The fourth-order valence-corrected chi connectivity index (χ4v) is 2.89. The van der Waals surface area contributed by atoms with Crippen molar-refractivity contribution in [3.8, 4) is 23.2 Å². The van der Waals surface area contributed by atoms with E-state index in [9.17, 15) is 5.26 Å². The number of para-hydroxylation sites is 1. The first-order valence-electron chi connectivity index (χ1n) is 6.89. The van der Waals surface area contributed by atoms with Crippen molar-refractivity contribution in [1.82, 2.24) is 9.55 Å². The number of hydrogen-bond donors (Lipinski definition) is 0. The normalized spacial score (nSPS) is 13.0. The van der Waals surface area contributed by atoms with Crippen molar-refractivity contribution >= 4 is 11.0 Å². The molecule has 0 N–H and O–H groups in total. The molecule has 0 atom stereocenters. The van der Waals surface area contributed by atoms with E-state index in [-0.39, 0.29) is 0 Å². The Bertz CT molecular complexity index is 902. The Hall–Kier alpha value is -2.80. The number of ether oxygens (including phenoxy) is 1. The maximum Gasteiger partial charge on any atom is 0.140 e. The average Bonchev–Trinajstić information content (AvgIpc) is 3.11. The fourth-order valence-electron chi connectivity index (χ4n) is 2.89. The summed E-state index contributed by atoms with van der Waals surface area (Å²) >= 11 is 0. The van der Waals surface area contributed by atoms with Crippen molar-refractivity contribution in [2.75, 3.05) is 6.61 Å². The van der Waals surface area contributed by atoms with Crippen LogP contribution in [-0.4, -0.2) is 16.2 Å². The van der Waals surface area contributed by atoms with Crippen LogP contribution in [0.4, 0.5) is 0 Å². The molecule has 4 nitrogen and oxygen atoms in total. The van der Waals surface area contributed by atoms with Crippen LogP contribution >= 0.6 is 0 Å². The van der Waals surface area contributed by atoms with Crippen LogP contribution in [0, 0.1) is 11.3 Å². The average molecular weight is 275 g/mol. The smallest absolute Gasteiger partial charge is 0.140 e. The van der Waals surface area contributed by atoms with Gasteiger partial charge in [-0.15, -0.1) is 0 Å². The number of aryl methyl sites for hydroxylation is 1. The van der Waals surface area contributed by atoms with Crippen molar-refractivity contribution in [1.29, 1.82) is 5.26 Å². The summed E-state index contributed by atoms with van der Waals surface area (Å²) in [7, 11) is 1.98. The lowest BCUT2D eigenvalue weighted by Gasteiger charge is -2.04. The number of fused-ring (bicyclic) bond motifs is 2. The number of nitriles is 1. The molecule has 2 aromatic carbocycles. The van der Waals surface area contributed by atoms with E-state index in [1.807, 2.05) is 35.9 Å². The minimum Gasteiger partial charge on any atom is -0.493 e. The zero-order valence-corrected chi connectivity index (χ0v) is 11.6. The molecule has 1 aromatic heterocycles. The van der Waals surface area contributed by atoms with Crippen LogP contribution in [0.5, 0.6) is 5.75 Å². The third-order valence-corrected chi connectivity index (χ3v) is 3.98. The lowest BCUT2D eigenvalue weighted by atomic mass is 10.1. The topological polar surface area (TPSA) is 50.8 Å². The van der Waals surface area contributed by atoms with Crippen LogP contribution in [0.1, 0.15) is 11.1 Å². The van der Waals surface area contributed by atoms with Gasteiger partial charge in [-0.1, -0.05) is 6.07 Å². The quantitative estimate of drug-likeness (QED) is 0.686. The van der Waals surface area contributed by atoms with Gasteiger partial charge < -0.3 is 9.30 Å². The van der Waals surface area contributed by atoms with Crippen molar-refractivity contribution in [2.45, 2.75) is 6.42 Å². The summed E-state index contributed by atoms with van der Waals surface area (Å²) in [6.45, 7) is 0.750. The summed E-state index contributed by atoms with van der Waals surface area (Å²) in [6.07, 6.45) is 0.941. The molecule has 0 aliphatic carbocycles. The third-order valence-electron chi connectivity index (χ3n) is 3.98. The molecule has 21 heavy (non-hydrogen) atoms. The van der Waals surface area contributed by atoms with Crippen molar-refractivity contribution in [2.24, 2.45) is 7.05 Å². The molecule has 2 heterocycles. The third kappa shape index (κ3) is 1.71. The lowest BCUT2D eigenvalue weighted by Crippen LogP contribution is -1.93. The van der Waals surface area contributed by atoms with Gasteiger partial charge in [0, 0.05) is 19.0 Å². The molecule has 0 fully saturated rings. The van der Waals surface area contributed by atoms with Crippen LogP contribution in [0.15, 0.2) is 36.4 Å². The highest BCUT2D eigenvalue weighted by Crippen LogP contribution is 2.31. The Labute approximate surface area is 122 Å². The number of imidazole rings is 1. The zero-order chi connectivity index (χ0) is 14.4. The first kappa shape index (κ1) is 12.0. The maximum absolute atomic E-state index is 9.22. The highest BCUT2D eigenvalue weighted by atomic mass is 16.5. The molecule has 0 saturated heterocycles. The highest BCUT2D eigenvalue weighted by molar-refractivity contribution is 5.85. The highest BCUT2D eigenvalue weighted by Gasteiger charge is 2.16. The second kappa shape index (κ2) is 4.35. The molecular formula is C17H13N3O. The maximum atomic E-state index is 9.22. The van der Waals surface area contributed by atoms with Gasteiger partial charge in [0.1, 0.15) is 23.2 Å². The van der Waals surface area contributed by atoms with E-state index in [1.165, 1.54) is 5.56 Å². The molecule has 1 aliphatic rings. The Morgan fingerprint density at radius 1 is 1.29 bits per heavy atom. The predicted molar refractivity (Wildman–Crippen MR) is 80.1 cm³/mol. The molecule has 0 saturated carbocycles. The van der Waals surface area contributed by atoms with Crippen LogP contribution in [0.25, 0.3) is 22.4 Å². The largest absolute Gasteiger partial charge is 0.493 e. The summed E-state index contributed by atoms with van der Waals surface area (Å²) in [6, 6.07) is 14.1. The molecule has 4 rings (SSSR count). The first-order valence-corrected chi connectivity index (χ1v) is 6.89. The predicted octanol–water partition coefficient (Wildman–Crippen LogP) is 3.05. The number of nitrogens with zero attached hydrogens (tertiary/aromatic N) is 3. The standard InChI is InChI=1S/C17H13N3O/c1-20-14-4-2-3-13(10-18)16(14)19-17(20)12-5-6-15-11(9-12)7-8-21-15/h2-6,9H,7-8H2,1H3. The summed E-state index contributed by atoms with van der Waals surface area (Å²) in [5.41, 5.74) is 4.62. The second-order valence-corrected chi connectivity index (χ2v) is 5.20. The van der Waals surface area contributed by atoms with Gasteiger partial charge in [0.25, 0.3) is 0 Å². The monoisotopic (exact) mass is 275 g/mol. The van der Waals surface area contributed by atoms with Gasteiger partial charge >= 0.3 is 0 Å². The van der Waals surface area contributed by atoms with Gasteiger partial charge in [-0.25, -0.2) is 4.98 Å². The van der Waals surface area contributed by atoms with Gasteiger partial charge in [-0.05, 0) is 35.9 Å². The minimum atomic E-state index is 0.610. The summed E-state index contributed by atoms with van der Waals surface area (Å²) < 4.78 is 7.58. The van der Waals surface area contributed by atoms with Gasteiger partial charge in [-0.2, -0.15) is 5.26 Å². The van der Waals surface area contributed by atoms with E-state index in [0.717, 1.165) is 41.2 Å². The Kier molecular flexibility index (Phi) is 2.48. The Morgan fingerprint density at radius 2 is 2.19 bits per heavy atom. The minimum absolute atomic E-state index is 0.610. The molecule has 0 amide bonds. The van der Waals surface area contributed by atoms with Crippen molar-refractivity contribution in [3.05, 3.63) is 47.5 Å². The van der Waals surface area contributed by atoms with Gasteiger partial charge in [0.2, 0.25) is 0 Å². The molecule has 0 radical (unpaired) electrons. The van der Waals surface area contributed by atoms with Crippen LogP contribution < -0.4 is 4.74 Å². The molecule has 1 aliphatic heterocycles. The Morgan fingerprint density at radius 3 is 3.05 bits per heavy atom. The number of benzene rings is 2. The zero-order valence-electron chi connectivity index (χ0n) is 11.6. The number of hydrogen-bond acceptors (Lipinski definition) is 3. The second-order valence-electron chi connectivity index (χ2n) is 5.20. The molecule has 0 spiro atoms. The van der Waals surface area contributed by atoms with E-state index in [2.05, 4.69) is 17.1 Å². The van der Waals surface area contributed by atoms with Gasteiger partial charge in [-0.3, -0.25) is 0 Å². The van der Waals surface area contributed by atoms with E-state index in [4.69, 9.17) is 4.74 Å². The lowest BCUT2D eigenvalue weighted by molar-refractivity contribution is 0.357. The van der Waals surface area contributed by atoms with Gasteiger partial charge in [0.15, 0.2) is 0 Å². The van der Waals surface area contributed by atoms with Gasteiger partial charge in [0.05, 0.1) is 17.7 Å². The molecule has 4 heteroatoms. The van der Waals surface area contributed by atoms with Crippen LogP contribution in [0.3, 0.4) is 0 Å². The van der Waals surface area contributed by atoms with E-state index in [0.29, 0.717) is 5.56 Å². The molecule has 3 aromatic rings. The van der Waals surface area contributed by atoms with E-state index in [1.54, 1.807) is 6.07 Å². The SMILES string of the molecule is Cn1c(-c2ccc3c(c2)CCO3)nc2c(C#N)cccc21. The summed E-state index contributed by atoms with van der Waals surface area (Å²) in [5.74, 6) is 1.85. The first-order chi connectivity index (χ1) is 10.3. The molecule has 0 unspecified atom stereocenters.